The SMILES string of the molecule is COc1ccc(S(=O)(=O)N2Cc3ccccc3C[C@H]2C(=O)NO)cc1. The van der Waals surface area contributed by atoms with E-state index in [1.807, 2.05) is 24.3 Å². The predicted molar refractivity (Wildman–Crippen MR) is 89.6 cm³/mol. The maximum Gasteiger partial charge on any atom is 0.262 e. The maximum atomic E-state index is 13.1. The molecule has 2 aromatic rings. The van der Waals surface area contributed by atoms with Crippen molar-refractivity contribution in [3.05, 3.63) is 59.7 Å². The molecule has 7 nitrogen and oxygen atoms in total. The van der Waals surface area contributed by atoms with E-state index in [0.717, 1.165) is 15.4 Å². The Balaban J connectivity index is 2.03. The highest BCUT2D eigenvalue weighted by molar-refractivity contribution is 7.89. The van der Waals surface area contributed by atoms with Crippen LogP contribution in [0.15, 0.2) is 53.4 Å². The summed E-state index contributed by atoms with van der Waals surface area (Å²) >= 11 is 0. The molecule has 1 heterocycles. The second-order valence-corrected chi connectivity index (χ2v) is 7.58. The molecule has 0 fully saturated rings. The van der Waals surface area contributed by atoms with Crippen molar-refractivity contribution in [2.24, 2.45) is 0 Å². The fraction of sp³-hybridized carbons (Fsp3) is 0.235. The van der Waals surface area contributed by atoms with Crippen molar-refractivity contribution in [1.82, 2.24) is 9.79 Å². The van der Waals surface area contributed by atoms with Crippen LogP contribution >= 0.6 is 0 Å². The lowest BCUT2D eigenvalue weighted by Gasteiger charge is -2.34. The smallest absolute Gasteiger partial charge is 0.262 e. The number of hydrogen-bond donors (Lipinski definition) is 2. The van der Waals surface area contributed by atoms with E-state index < -0.39 is 22.0 Å². The Morgan fingerprint density at radius 2 is 1.80 bits per heavy atom. The van der Waals surface area contributed by atoms with E-state index in [-0.39, 0.29) is 17.9 Å². The molecule has 1 aliphatic rings. The van der Waals surface area contributed by atoms with Crippen LogP contribution in [0.25, 0.3) is 0 Å². The number of ether oxygens (including phenoxy) is 1. The van der Waals surface area contributed by atoms with Crippen LogP contribution in [0, 0.1) is 0 Å². The van der Waals surface area contributed by atoms with Gasteiger partial charge in [0.25, 0.3) is 5.91 Å². The number of carbonyl (C=O) groups excluding carboxylic acids is 1. The number of sulfonamides is 1. The van der Waals surface area contributed by atoms with Crippen LogP contribution in [-0.4, -0.2) is 37.0 Å². The minimum atomic E-state index is -3.93. The third-order valence-electron chi connectivity index (χ3n) is 4.28. The van der Waals surface area contributed by atoms with Gasteiger partial charge in [-0.15, -0.1) is 0 Å². The third kappa shape index (κ3) is 3.23. The molecule has 0 saturated carbocycles. The first-order valence-electron chi connectivity index (χ1n) is 7.64. The van der Waals surface area contributed by atoms with Crippen molar-refractivity contribution >= 4 is 15.9 Å². The van der Waals surface area contributed by atoms with E-state index >= 15 is 0 Å². The van der Waals surface area contributed by atoms with Crippen LogP contribution in [0.2, 0.25) is 0 Å². The van der Waals surface area contributed by atoms with Crippen molar-refractivity contribution < 1.29 is 23.2 Å². The number of amides is 1. The fourth-order valence-electron chi connectivity index (χ4n) is 2.93. The van der Waals surface area contributed by atoms with Gasteiger partial charge >= 0.3 is 0 Å². The normalized spacial score (nSPS) is 17.6. The average molecular weight is 362 g/mol. The first-order valence-corrected chi connectivity index (χ1v) is 9.08. The fourth-order valence-corrected chi connectivity index (χ4v) is 4.50. The summed E-state index contributed by atoms with van der Waals surface area (Å²) in [5, 5.41) is 9.02. The molecule has 1 amide bonds. The highest BCUT2D eigenvalue weighted by Crippen LogP contribution is 2.29. The molecule has 0 saturated heterocycles. The van der Waals surface area contributed by atoms with E-state index in [1.165, 1.54) is 19.2 Å². The summed E-state index contributed by atoms with van der Waals surface area (Å²) in [7, 11) is -2.44. The van der Waals surface area contributed by atoms with E-state index in [0.29, 0.717) is 5.75 Å². The molecule has 0 aromatic heterocycles. The summed E-state index contributed by atoms with van der Waals surface area (Å²) < 4.78 is 32.3. The molecular formula is C17H18N2O5S. The van der Waals surface area contributed by atoms with Gasteiger partial charge in [0.15, 0.2) is 0 Å². The lowest BCUT2D eigenvalue weighted by atomic mass is 9.95. The Kier molecular flexibility index (Phi) is 4.76. The highest BCUT2D eigenvalue weighted by Gasteiger charge is 2.39. The summed E-state index contributed by atoms with van der Waals surface area (Å²) in [5.74, 6) is -0.223. The molecule has 3 rings (SSSR count). The summed E-state index contributed by atoms with van der Waals surface area (Å²) in [5.41, 5.74) is 3.29. The Morgan fingerprint density at radius 1 is 1.16 bits per heavy atom. The quantitative estimate of drug-likeness (QED) is 0.632. The minimum Gasteiger partial charge on any atom is -0.497 e. The van der Waals surface area contributed by atoms with Crippen molar-refractivity contribution in [3.63, 3.8) is 0 Å². The molecular weight excluding hydrogens is 344 g/mol. The van der Waals surface area contributed by atoms with Gasteiger partial charge in [-0.2, -0.15) is 4.31 Å². The van der Waals surface area contributed by atoms with Crippen LogP contribution in [0.5, 0.6) is 5.75 Å². The molecule has 0 spiro atoms. The van der Waals surface area contributed by atoms with Crippen molar-refractivity contribution in [3.8, 4) is 5.75 Å². The first-order chi connectivity index (χ1) is 12.0. The summed E-state index contributed by atoms with van der Waals surface area (Å²) in [6.07, 6.45) is 0.192. The van der Waals surface area contributed by atoms with Gasteiger partial charge in [0.1, 0.15) is 11.8 Å². The van der Waals surface area contributed by atoms with E-state index in [4.69, 9.17) is 9.94 Å². The minimum absolute atomic E-state index is 0.0582. The monoisotopic (exact) mass is 362 g/mol. The van der Waals surface area contributed by atoms with Gasteiger partial charge < -0.3 is 4.74 Å². The Bertz CT molecular complexity index is 880. The number of nitrogens with zero attached hydrogens (tertiary/aromatic N) is 1. The second-order valence-electron chi connectivity index (χ2n) is 5.69. The molecule has 0 bridgehead atoms. The zero-order valence-electron chi connectivity index (χ0n) is 13.5. The molecule has 132 valence electrons. The number of hydrogen-bond acceptors (Lipinski definition) is 5. The zero-order valence-corrected chi connectivity index (χ0v) is 14.4. The number of hydroxylamine groups is 1. The van der Waals surface area contributed by atoms with Gasteiger partial charge in [-0.1, -0.05) is 24.3 Å². The molecule has 25 heavy (non-hydrogen) atoms. The summed E-state index contributed by atoms with van der Waals surface area (Å²) in [4.78, 5) is 12.1. The van der Waals surface area contributed by atoms with E-state index in [1.54, 1.807) is 17.6 Å². The third-order valence-corrected chi connectivity index (χ3v) is 6.15. The molecule has 0 aliphatic carbocycles. The van der Waals surface area contributed by atoms with Crippen LogP contribution in [0.3, 0.4) is 0 Å². The van der Waals surface area contributed by atoms with E-state index in [2.05, 4.69) is 0 Å². The largest absolute Gasteiger partial charge is 0.497 e. The number of nitrogens with one attached hydrogen (secondary N) is 1. The number of rotatable bonds is 4. The Labute approximate surface area is 145 Å². The Hall–Kier alpha value is -2.42. The van der Waals surface area contributed by atoms with Gasteiger partial charge in [-0.05, 0) is 41.8 Å². The topological polar surface area (TPSA) is 95.9 Å². The number of fused-ring (bicyclic) bond motifs is 1. The van der Waals surface area contributed by atoms with Crippen LogP contribution in [0.1, 0.15) is 11.1 Å². The number of carbonyl (C=O) groups is 1. The molecule has 1 aliphatic heterocycles. The van der Waals surface area contributed by atoms with Crippen molar-refractivity contribution in [2.45, 2.75) is 23.9 Å². The second kappa shape index (κ2) is 6.83. The molecule has 1 atom stereocenters. The van der Waals surface area contributed by atoms with Gasteiger partial charge in [-0.3, -0.25) is 10.0 Å². The lowest BCUT2D eigenvalue weighted by Crippen LogP contribution is -2.51. The van der Waals surface area contributed by atoms with Gasteiger partial charge in [0.05, 0.1) is 12.0 Å². The molecule has 2 aromatic carbocycles. The number of methoxy groups -OCH3 is 1. The number of benzene rings is 2. The van der Waals surface area contributed by atoms with Gasteiger partial charge in [-0.25, -0.2) is 13.9 Å². The first kappa shape index (κ1) is 17.4. The molecule has 0 unspecified atom stereocenters. The average Bonchev–Trinajstić information content (AvgIpc) is 2.66. The van der Waals surface area contributed by atoms with Gasteiger partial charge in [0, 0.05) is 6.54 Å². The maximum absolute atomic E-state index is 13.1. The molecule has 2 N–H and O–H groups in total. The highest BCUT2D eigenvalue weighted by atomic mass is 32.2. The Morgan fingerprint density at radius 3 is 2.40 bits per heavy atom. The van der Waals surface area contributed by atoms with Crippen LogP contribution in [0.4, 0.5) is 0 Å². The lowest BCUT2D eigenvalue weighted by molar-refractivity contribution is -0.133. The van der Waals surface area contributed by atoms with Crippen molar-refractivity contribution in [1.29, 1.82) is 0 Å². The standard InChI is InChI=1S/C17H18N2O5S/c1-24-14-6-8-15(9-7-14)25(22,23)19-11-13-5-3-2-4-12(13)10-16(19)17(20)18-21/h2-9,16,21H,10-11H2,1H3,(H,18,20)/t16-/m0/s1. The van der Waals surface area contributed by atoms with E-state index in [9.17, 15) is 13.2 Å². The van der Waals surface area contributed by atoms with Crippen LogP contribution < -0.4 is 10.2 Å². The summed E-state index contributed by atoms with van der Waals surface area (Å²) in [6, 6.07) is 12.3. The van der Waals surface area contributed by atoms with Gasteiger partial charge in [0.2, 0.25) is 10.0 Å². The summed E-state index contributed by atoms with van der Waals surface area (Å²) in [6.45, 7) is 0.0582. The molecule has 0 radical (unpaired) electrons. The van der Waals surface area contributed by atoms with Crippen molar-refractivity contribution in [2.75, 3.05) is 7.11 Å². The molecule has 8 heteroatoms. The predicted octanol–water partition coefficient (Wildman–Crippen LogP) is 1.32. The zero-order chi connectivity index (χ0) is 18.0. The van der Waals surface area contributed by atoms with Crippen LogP contribution in [-0.2, 0) is 27.8 Å².